The molecule has 0 aliphatic carbocycles. The minimum atomic E-state index is -0.112. The van der Waals surface area contributed by atoms with Crippen LogP contribution in [0.25, 0.3) is 0 Å². The first-order valence-corrected chi connectivity index (χ1v) is 8.09. The Morgan fingerprint density at radius 2 is 2.17 bits per heavy atom. The van der Waals surface area contributed by atoms with Crippen molar-refractivity contribution in [1.29, 1.82) is 0 Å². The van der Waals surface area contributed by atoms with Gasteiger partial charge in [-0.15, -0.1) is 10.2 Å². The van der Waals surface area contributed by atoms with Crippen molar-refractivity contribution in [2.24, 2.45) is 5.92 Å². The maximum atomic E-state index is 12.6. The summed E-state index contributed by atoms with van der Waals surface area (Å²) in [4.78, 5) is 14.4. The molecule has 0 N–H and O–H groups in total. The number of rotatable bonds is 4. The minimum Gasteiger partial charge on any atom is -0.492 e. The third-order valence-corrected chi connectivity index (χ3v) is 4.40. The van der Waals surface area contributed by atoms with Crippen LogP contribution >= 0.6 is 0 Å². The van der Waals surface area contributed by atoms with Crippen molar-refractivity contribution in [2.45, 2.75) is 26.1 Å². The van der Waals surface area contributed by atoms with Crippen LogP contribution in [0.1, 0.15) is 17.3 Å². The molecule has 2 aliphatic rings. The van der Waals surface area contributed by atoms with Crippen LogP contribution in [0, 0.1) is 12.8 Å². The van der Waals surface area contributed by atoms with E-state index in [1.807, 2.05) is 29.2 Å². The van der Waals surface area contributed by atoms with E-state index < -0.39 is 0 Å². The van der Waals surface area contributed by atoms with E-state index in [1.54, 1.807) is 6.92 Å². The van der Waals surface area contributed by atoms with Crippen molar-refractivity contribution in [3.63, 3.8) is 0 Å². The molecule has 1 aromatic carbocycles. The fourth-order valence-corrected chi connectivity index (χ4v) is 3.05. The smallest absolute Gasteiger partial charge is 0.242 e. The lowest BCUT2D eigenvalue weighted by atomic mass is 9.94. The van der Waals surface area contributed by atoms with Gasteiger partial charge in [0, 0.05) is 20.0 Å². The van der Waals surface area contributed by atoms with Crippen molar-refractivity contribution in [3.8, 4) is 5.75 Å². The molecule has 1 atom stereocenters. The molecule has 0 saturated carbocycles. The number of benzene rings is 1. The van der Waals surface area contributed by atoms with Gasteiger partial charge in [0.15, 0.2) is 0 Å². The van der Waals surface area contributed by atoms with E-state index in [-0.39, 0.29) is 24.5 Å². The van der Waals surface area contributed by atoms with Gasteiger partial charge in [-0.2, -0.15) is 0 Å². The highest BCUT2D eigenvalue weighted by atomic mass is 16.5. The second-order valence-electron chi connectivity index (χ2n) is 6.21. The Bertz CT molecular complexity index is 739. The molecule has 0 bridgehead atoms. The van der Waals surface area contributed by atoms with E-state index in [0.717, 1.165) is 17.7 Å². The third-order valence-electron chi connectivity index (χ3n) is 4.40. The summed E-state index contributed by atoms with van der Waals surface area (Å²) in [5.41, 5.74) is 1.10. The molecule has 2 aromatic rings. The van der Waals surface area contributed by atoms with Crippen molar-refractivity contribution >= 4 is 5.91 Å². The third kappa shape index (κ3) is 2.99. The number of carbonyl (C=O) groups is 1. The van der Waals surface area contributed by atoms with Crippen LogP contribution in [-0.4, -0.2) is 46.8 Å². The molecule has 7 heteroatoms. The van der Waals surface area contributed by atoms with Crippen LogP contribution < -0.4 is 4.74 Å². The molecule has 0 radical (unpaired) electrons. The number of fused-ring (bicyclic) bond motifs is 1. The topological polar surface area (TPSA) is 77.7 Å². The summed E-state index contributed by atoms with van der Waals surface area (Å²) in [6.07, 6.45) is 0.760. The fourth-order valence-electron chi connectivity index (χ4n) is 3.05. The monoisotopic (exact) mass is 329 g/mol. The molecule has 2 aliphatic heterocycles. The Morgan fingerprint density at radius 1 is 1.33 bits per heavy atom. The number of aromatic nitrogens is 2. The predicted octanol–water partition coefficient (Wildman–Crippen LogP) is 1.36. The number of likely N-dealkylation sites (tertiary alicyclic amines) is 1. The Balaban J connectivity index is 1.26. The molecule has 0 spiro atoms. The second-order valence-corrected chi connectivity index (χ2v) is 6.21. The zero-order chi connectivity index (χ0) is 16.5. The van der Waals surface area contributed by atoms with Gasteiger partial charge in [-0.25, -0.2) is 0 Å². The molecule has 1 fully saturated rings. The zero-order valence-electron chi connectivity index (χ0n) is 13.5. The van der Waals surface area contributed by atoms with Crippen LogP contribution in [0.3, 0.4) is 0 Å². The molecule has 3 heterocycles. The lowest BCUT2D eigenvalue weighted by Gasteiger charge is -2.41. The molecule has 126 valence electrons. The van der Waals surface area contributed by atoms with Gasteiger partial charge in [-0.05, 0) is 18.1 Å². The van der Waals surface area contributed by atoms with Gasteiger partial charge in [-0.3, -0.25) is 4.79 Å². The molecule has 1 amide bonds. The highest BCUT2D eigenvalue weighted by molar-refractivity contribution is 5.80. The summed E-state index contributed by atoms with van der Waals surface area (Å²) < 4.78 is 16.6. The van der Waals surface area contributed by atoms with E-state index in [9.17, 15) is 4.79 Å². The molecule has 24 heavy (non-hydrogen) atoms. The zero-order valence-corrected chi connectivity index (χ0v) is 13.5. The standard InChI is InChI=1S/C17H19N3O4/c1-11-18-19-16(24-11)10-22-14-7-20(8-14)17(21)13-6-12-4-2-3-5-15(12)23-9-13/h2-5,13-14H,6-10H2,1H3. The first-order chi connectivity index (χ1) is 11.7. The highest BCUT2D eigenvalue weighted by Gasteiger charge is 2.37. The largest absolute Gasteiger partial charge is 0.492 e. The summed E-state index contributed by atoms with van der Waals surface area (Å²) in [7, 11) is 0. The predicted molar refractivity (Wildman–Crippen MR) is 83.3 cm³/mol. The fraction of sp³-hybridized carbons (Fsp3) is 0.471. The molecule has 4 rings (SSSR count). The van der Waals surface area contributed by atoms with Crippen LogP contribution in [0.5, 0.6) is 5.75 Å². The molecule has 1 saturated heterocycles. The number of aryl methyl sites for hydroxylation is 1. The van der Waals surface area contributed by atoms with Gasteiger partial charge in [0.1, 0.15) is 19.0 Å². The maximum absolute atomic E-state index is 12.6. The first-order valence-electron chi connectivity index (χ1n) is 8.09. The van der Waals surface area contributed by atoms with Gasteiger partial charge >= 0.3 is 0 Å². The van der Waals surface area contributed by atoms with Crippen molar-refractivity contribution < 1.29 is 18.7 Å². The number of hydrogen-bond donors (Lipinski definition) is 0. The molecular formula is C17H19N3O4. The Labute approximate surface area is 139 Å². The van der Waals surface area contributed by atoms with Gasteiger partial charge in [0.05, 0.1) is 12.0 Å². The summed E-state index contributed by atoms with van der Waals surface area (Å²) in [6.45, 7) is 3.67. The Kier molecular flexibility index (Phi) is 3.93. The van der Waals surface area contributed by atoms with E-state index in [1.165, 1.54) is 0 Å². The lowest BCUT2D eigenvalue weighted by molar-refractivity contribution is -0.152. The number of carbonyl (C=O) groups excluding carboxylic acids is 1. The summed E-state index contributed by atoms with van der Waals surface area (Å²) in [6, 6.07) is 7.89. The van der Waals surface area contributed by atoms with E-state index in [0.29, 0.717) is 31.5 Å². The van der Waals surface area contributed by atoms with Crippen LogP contribution in [0.4, 0.5) is 0 Å². The number of hydrogen-bond acceptors (Lipinski definition) is 6. The summed E-state index contributed by atoms with van der Waals surface area (Å²) in [5, 5.41) is 7.64. The van der Waals surface area contributed by atoms with Gasteiger partial charge in [-0.1, -0.05) is 18.2 Å². The van der Waals surface area contributed by atoms with Crippen LogP contribution in [-0.2, 0) is 22.6 Å². The van der Waals surface area contributed by atoms with Gasteiger partial charge in [0.25, 0.3) is 0 Å². The van der Waals surface area contributed by atoms with Crippen molar-refractivity contribution in [3.05, 3.63) is 41.6 Å². The number of para-hydroxylation sites is 1. The molecule has 7 nitrogen and oxygen atoms in total. The van der Waals surface area contributed by atoms with Gasteiger partial charge in [0.2, 0.25) is 17.7 Å². The average molecular weight is 329 g/mol. The Morgan fingerprint density at radius 3 is 2.96 bits per heavy atom. The molecule has 1 aromatic heterocycles. The molecule has 1 unspecified atom stereocenters. The summed E-state index contributed by atoms with van der Waals surface area (Å²) in [5.74, 6) is 1.91. The lowest BCUT2D eigenvalue weighted by Crippen LogP contribution is -2.57. The van der Waals surface area contributed by atoms with Crippen LogP contribution in [0.2, 0.25) is 0 Å². The minimum absolute atomic E-state index is 0.0259. The average Bonchev–Trinajstić information content (AvgIpc) is 2.98. The van der Waals surface area contributed by atoms with Crippen molar-refractivity contribution in [2.75, 3.05) is 19.7 Å². The highest BCUT2D eigenvalue weighted by Crippen LogP contribution is 2.29. The maximum Gasteiger partial charge on any atom is 0.242 e. The van der Waals surface area contributed by atoms with E-state index >= 15 is 0 Å². The van der Waals surface area contributed by atoms with Crippen LogP contribution in [0.15, 0.2) is 28.7 Å². The Hall–Kier alpha value is -2.41. The number of ether oxygens (including phenoxy) is 2. The quantitative estimate of drug-likeness (QED) is 0.843. The first kappa shape index (κ1) is 15.1. The summed E-state index contributed by atoms with van der Waals surface area (Å²) >= 11 is 0. The van der Waals surface area contributed by atoms with E-state index in [4.69, 9.17) is 13.9 Å². The van der Waals surface area contributed by atoms with Crippen molar-refractivity contribution in [1.82, 2.24) is 15.1 Å². The SMILES string of the molecule is Cc1nnc(COC2CN(C(=O)C3COc4ccccc4C3)C2)o1. The normalized spacial score (nSPS) is 20.2. The number of amides is 1. The van der Waals surface area contributed by atoms with E-state index in [2.05, 4.69) is 10.2 Å². The molecular weight excluding hydrogens is 310 g/mol. The number of nitrogens with zero attached hydrogens (tertiary/aromatic N) is 3. The van der Waals surface area contributed by atoms with Gasteiger partial charge < -0.3 is 18.8 Å². The second kappa shape index (κ2) is 6.24.